The van der Waals surface area contributed by atoms with Gasteiger partial charge in [0.05, 0.1) is 30.0 Å². The number of hydrogen-bond donors (Lipinski definition) is 3. The number of aromatic nitrogens is 4. The van der Waals surface area contributed by atoms with Gasteiger partial charge in [0, 0.05) is 46.6 Å². The van der Waals surface area contributed by atoms with Crippen molar-refractivity contribution in [3.8, 4) is 16.9 Å². The fraction of sp³-hybridized carbons (Fsp3) is 0.304. The highest BCUT2D eigenvalue weighted by Gasteiger charge is 2.25. The Bertz CT molecular complexity index is 1320. The van der Waals surface area contributed by atoms with Crippen molar-refractivity contribution in [3.05, 3.63) is 64.5 Å². The topological polar surface area (TPSA) is 96.2 Å². The molecule has 4 rings (SSSR count). The third-order valence-electron chi connectivity index (χ3n) is 5.64. The third-order valence-corrected chi connectivity index (χ3v) is 6.02. The number of benzene rings is 1. The molecule has 7 nitrogen and oxygen atoms in total. The first kappa shape index (κ1) is 24.1. The fourth-order valence-electron chi connectivity index (χ4n) is 4.00. The highest BCUT2D eigenvalue weighted by molar-refractivity contribution is 6.31. The van der Waals surface area contributed by atoms with Crippen LogP contribution in [0.1, 0.15) is 29.7 Å². The molecule has 11 heteroatoms. The van der Waals surface area contributed by atoms with Crippen molar-refractivity contribution in [1.82, 2.24) is 19.7 Å². The van der Waals surface area contributed by atoms with Crippen molar-refractivity contribution in [2.75, 3.05) is 6.61 Å². The van der Waals surface area contributed by atoms with Crippen LogP contribution in [0.25, 0.3) is 22.2 Å². The van der Waals surface area contributed by atoms with Crippen molar-refractivity contribution in [2.24, 2.45) is 0 Å². The smallest absolute Gasteiger partial charge is 0.387 e. The Hall–Kier alpha value is -3.08. The van der Waals surface area contributed by atoms with Gasteiger partial charge in [-0.15, -0.1) is 0 Å². The molecule has 0 amide bonds. The maximum Gasteiger partial charge on any atom is 0.387 e. The quantitative estimate of drug-likeness (QED) is 0.332. The van der Waals surface area contributed by atoms with Gasteiger partial charge in [-0.05, 0) is 30.7 Å². The van der Waals surface area contributed by atoms with Crippen molar-refractivity contribution < 1.29 is 28.1 Å². The molecule has 3 heterocycles. The molecule has 0 aliphatic rings. The van der Waals surface area contributed by atoms with Crippen molar-refractivity contribution in [1.29, 1.82) is 0 Å². The molecule has 3 N–H and O–H groups in total. The number of rotatable bonds is 8. The number of hydrogen-bond acceptors (Lipinski definition) is 5. The van der Waals surface area contributed by atoms with Crippen LogP contribution in [0.15, 0.2) is 36.8 Å². The second-order valence-corrected chi connectivity index (χ2v) is 8.30. The summed E-state index contributed by atoms with van der Waals surface area (Å²) in [5.41, 5.74) is 3.52. The SMILES string of the molecule is Cc1nn(C[C@H](O)CO)cc1-c1cnc2[nH]cc([C@H](C)c3c(OC(F)F)ccc(F)c3Cl)c2c1. The average molecular weight is 495 g/mol. The molecule has 0 unspecified atom stereocenters. The Kier molecular flexibility index (Phi) is 6.83. The van der Waals surface area contributed by atoms with E-state index in [4.69, 9.17) is 16.7 Å². The number of H-pyrrole nitrogens is 1. The molecular weight excluding hydrogens is 473 g/mol. The van der Waals surface area contributed by atoms with Crippen molar-refractivity contribution in [3.63, 3.8) is 0 Å². The lowest BCUT2D eigenvalue weighted by molar-refractivity contribution is -0.0505. The zero-order valence-electron chi connectivity index (χ0n) is 18.3. The van der Waals surface area contributed by atoms with Crippen LogP contribution < -0.4 is 4.74 Å². The number of nitrogens with zero attached hydrogens (tertiary/aromatic N) is 3. The van der Waals surface area contributed by atoms with Gasteiger partial charge in [0.1, 0.15) is 17.2 Å². The van der Waals surface area contributed by atoms with Crippen LogP contribution >= 0.6 is 11.6 Å². The average Bonchev–Trinajstić information content (AvgIpc) is 3.38. The molecule has 0 aliphatic heterocycles. The summed E-state index contributed by atoms with van der Waals surface area (Å²) < 4.78 is 46.3. The minimum atomic E-state index is -3.09. The van der Waals surface area contributed by atoms with Gasteiger partial charge in [-0.2, -0.15) is 13.9 Å². The summed E-state index contributed by atoms with van der Waals surface area (Å²) in [6, 6.07) is 3.98. The summed E-state index contributed by atoms with van der Waals surface area (Å²) in [7, 11) is 0. The number of ether oxygens (including phenoxy) is 1. The van der Waals surface area contributed by atoms with E-state index in [-0.39, 0.29) is 29.5 Å². The van der Waals surface area contributed by atoms with Gasteiger partial charge >= 0.3 is 6.61 Å². The van der Waals surface area contributed by atoms with Crippen LogP contribution in [0.5, 0.6) is 5.75 Å². The van der Waals surface area contributed by atoms with E-state index in [9.17, 15) is 18.3 Å². The molecule has 3 aromatic heterocycles. The largest absolute Gasteiger partial charge is 0.434 e. The van der Waals surface area contributed by atoms with Crippen LogP contribution in [0.3, 0.4) is 0 Å². The van der Waals surface area contributed by atoms with Gasteiger partial charge in [-0.25, -0.2) is 9.37 Å². The number of halogens is 4. The van der Waals surface area contributed by atoms with E-state index in [0.717, 1.165) is 23.3 Å². The molecule has 2 atom stereocenters. The molecule has 180 valence electrons. The van der Waals surface area contributed by atoms with Crippen LogP contribution in [-0.2, 0) is 6.54 Å². The Morgan fingerprint density at radius 2 is 2.06 bits per heavy atom. The lowest BCUT2D eigenvalue weighted by Crippen LogP contribution is -2.20. The maximum absolute atomic E-state index is 14.2. The molecule has 0 bridgehead atoms. The van der Waals surface area contributed by atoms with E-state index in [2.05, 4.69) is 19.8 Å². The summed E-state index contributed by atoms with van der Waals surface area (Å²) in [5, 5.41) is 23.5. The minimum Gasteiger partial charge on any atom is -0.434 e. The molecule has 0 saturated heterocycles. The summed E-state index contributed by atoms with van der Waals surface area (Å²) >= 11 is 6.17. The second kappa shape index (κ2) is 9.65. The first-order valence-electron chi connectivity index (χ1n) is 10.4. The minimum absolute atomic E-state index is 0.107. The van der Waals surface area contributed by atoms with Crippen LogP contribution in [-0.4, -0.2) is 49.3 Å². The lowest BCUT2D eigenvalue weighted by atomic mass is 9.91. The molecule has 1 aromatic carbocycles. The van der Waals surface area contributed by atoms with E-state index < -0.39 is 24.5 Å². The Morgan fingerprint density at radius 1 is 1.29 bits per heavy atom. The van der Waals surface area contributed by atoms with Crippen LogP contribution in [0.4, 0.5) is 13.2 Å². The second-order valence-electron chi connectivity index (χ2n) is 7.92. The zero-order valence-corrected chi connectivity index (χ0v) is 19.0. The predicted molar refractivity (Wildman–Crippen MR) is 121 cm³/mol. The van der Waals surface area contributed by atoms with E-state index in [0.29, 0.717) is 22.3 Å². The van der Waals surface area contributed by atoms with E-state index in [1.165, 1.54) is 4.68 Å². The number of pyridine rings is 1. The van der Waals surface area contributed by atoms with Gasteiger partial charge in [-0.3, -0.25) is 4.68 Å². The van der Waals surface area contributed by atoms with E-state index in [1.807, 2.05) is 13.0 Å². The number of aromatic amines is 1. The number of aliphatic hydroxyl groups is 2. The van der Waals surface area contributed by atoms with Gasteiger partial charge in [-0.1, -0.05) is 18.5 Å². The normalized spacial score (nSPS) is 13.6. The number of nitrogens with one attached hydrogen (secondary N) is 1. The predicted octanol–water partition coefficient (Wildman–Crippen LogP) is 4.63. The molecule has 0 aliphatic carbocycles. The van der Waals surface area contributed by atoms with Gasteiger partial charge in [0.2, 0.25) is 0 Å². The fourth-order valence-corrected chi connectivity index (χ4v) is 4.32. The van der Waals surface area contributed by atoms with Crippen LogP contribution in [0, 0.1) is 12.7 Å². The van der Waals surface area contributed by atoms with Crippen LogP contribution in [0.2, 0.25) is 5.02 Å². The molecule has 0 fully saturated rings. The Labute approximate surface area is 197 Å². The van der Waals surface area contributed by atoms with Gasteiger partial charge in [0.15, 0.2) is 0 Å². The van der Waals surface area contributed by atoms with E-state index >= 15 is 0 Å². The molecule has 0 saturated carbocycles. The van der Waals surface area contributed by atoms with Gasteiger partial charge < -0.3 is 19.9 Å². The summed E-state index contributed by atoms with van der Waals surface area (Å²) in [5.74, 6) is -1.55. The van der Waals surface area contributed by atoms with Crippen molar-refractivity contribution >= 4 is 22.6 Å². The monoisotopic (exact) mass is 494 g/mol. The standard InChI is InChI=1S/C23H22ClF3N4O3/c1-11(20-19(34-23(26)27)4-3-18(25)21(20)24)16-7-29-22-15(16)5-13(6-28-22)17-9-31(30-12(17)2)8-14(33)10-32/h3-7,9,11,14,23,32-33H,8,10H2,1-2H3,(H,28,29)/t11-,14-/m0/s1. The van der Waals surface area contributed by atoms with Gasteiger partial charge in [0.25, 0.3) is 0 Å². The zero-order chi connectivity index (χ0) is 24.6. The molecule has 4 aromatic rings. The molecule has 34 heavy (non-hydrogen) atoms. The van der Waals surface area contributed by atoms with Crippen molar-refractivity contribution in [2.45, 2.75) is 39.0 Å². The summed E-state index contributed by atoms with van der Waals surface area (Å²) in [6.07, 6.45) is 4.13. The Balaban J connectivity index is 1.77. The summed E-state index contributed by atoms with van der Waals surface area (Å²) in [4.78, 5) is 7.50. The number of aliphatic hydroxyl groups excluding tert-OH is 2. The van der Waals surface area contributed by atoms with E-state index in [1.54, 1.807) is 25.5 Å². The number of fused-ring (bicyclic) bond motifs is 1. The first-order chi connectivity index (χ1) is 16.2. The third kappa shape index (κ3) is 4.61. The molecular formula is C23H22ClF3N4O3. The maximum atomic E-state index is 14.2. The number of alkyl halides is 2. The highest BCUT2D eigenvalue weighted by Crippen LogP contribution is 2.41. The Morgan fingerprint density at radius 3 is 2.76 bits per heavy atom. The molecule has 0 radical (unpaired) electrons. The lowest BCUT2D eigenvalue weighted by Gasteiger charge is -2.18. The number of aryl methyl sites for hydroxylation is 1. The summed E-state index contributed by atoms with van der Waals surface area (Å²) in [6.45, 7) is 0.181. The first-order valence-corrected chi connectivity index (χ1v) is 10.8. The highest BCUT2D eigenvalue weighted by atomic mass is 35.5. The molecule has 0 spiro atoms.